The van der Waals surface area contributed by atoms with Crippen LogP contribution < -0.4 is 0 Å². The lowest BCUT2D eigenvalue weighted by Gasteiger charge is -2.38. The molecule has 21 heavy (non-hydrogen) atoms. The first-order valence-electron chi connectivity index (χ1n) is 7.74. The second-order valence-corrected chi connectivity index (χ2v) is 5.58. The van der Waals surface area contributed by atoms with Gasteiger partial charge in [0.25, 0.3) is 0 Å². The number of cyclic esters (lactones) is 1. The predicted molar refractivity (Wildman–Crippen MR) is 74.7 cm³/mol. The highest BCUT2D eigenvalue weighted by atomic mass is 16.6. The van der Waals surface area contributed by atoms with Gasteiger partial charge in [0.05, 0.1) is 18.7 Å². The molecule has 6 heteroatoms. The van der Waals surface area contributed by atoms with Crippen LogP contribution in [-0.2, 0) is 19.1 Å². The molecule has 3 atom stereocenters. The van der Waals surface area contributed by atoms with Crippen molar-refractivity contribution in [1.29, 1.82) is 0 Å². The maximum absolute atomic E-state index is 12.4. The summed E-state index contributed by atoms with van der Waals surface area (Å²) in [5.41, 5.74) is 0. The van der Waals surface area contributed by atoms with Gasteiger partial charge in [0.15, 0.2) is 0 Å². The number of ether oxygens (including phenoxy) is 2. The first-order valence-corrected chi connectivity index (χ1v) is 7.74. The minimum atomic E-state index is -0.877. The quantitative estimate of drug-likeness (QED) is 0.553. The lowest BCUT2D eigenvalue weighted by molar-refractivity contribution is -0.154. The average molecular weight is 297 g/mol. The lowest BCUT2D eigenvalue weighted by Crippen LogP contribution is -2.53. The molecule has 0 bridgehead atoms. The molecule has 2 aliphatic heterocycles. The summed E-state index contributed by atoms with van der Waals surface area (Å²) in [4.78, 5) is 38.1. The summed E-state index contributed by atoms with van der Waals surface area (Å²) >= 11 is 0. The standard InChI is InChI=1S/C15H23NO5/c1-3-6-12(17)13(14(18)20-4-2)11-8-5-7-10-9-21-15(19)16(10)11/h10-11,13H,3-9H2,1-2H3/t10-,11-,13?/m0/s1. The molecular weight excluding hydrogens is 274 g/mol. The van der Waals surface area contributed by atoms with E-state index in [9.17, 15) is 14.4 Å². The first-order chi connectivity index (χ1) is 10.1. The van der Waals surface area contributed by atoms with E-state index in [0.717, 1.165) is 12.8 Å². The summed E-state index contributed by atoms with van der Waals surface area (Å²) in [5.74, 6) is -1.53. The van der Waals surface area contributed by atoms with Gasteiger partial charge >= 0.3 is 12.1 Å². The van der Waals surface area contributed by atoms with Crippen LogP contribution in [0.1, 0.15) is 46.0 Å². The van der Waals surface area contributed by atoms with E-state index in [1.54, 1.807) is 11.8 Å². The van der Waals surface area contributed by atoms with E-state index in [-0.39, 0.29) is 18.4 Å². The number of amides is 1. The maximum Gasteiger partial charge on any atom is 0.410 e. The summed E-state index contributed by atoms with van der Waals surface area (Å²) in [6, 6.07) is -0.431. The van der Waals surface area contributed by atoms with Crippen molar-refractivity contribution in [2.45, 2.75) is 58.0 Å². The van der Waals surface area contributed by atoms with Crippen LogP contribution in [0, 0.1) is 5.92 Å². The van der Waals surface area contributed by atoms with Crippen molar-refractivity contribution in [2.24, 2.45) is 5.92 Å². The van der Waals surface area contributed by atoms with Crippen molar-refractivity contribution < 1.29 is 23.9 Å². The van der Waals surface area contributed by atoms with Gasteiger partial charge in [0, 0.05) is 6.42 Å². The summed E-state index contributed by atoms with van der Waals surface area (Å²) in [5, 5.41) is 0. The van der Waals surface area contributed by atoms with Gasteiger partial charge in [-0.25, -0.2) is 4.79 Å². The molecule has 2 saturated heterocycles. The summed E-state index contributed by atoms with van der Waals surface area (Å²) in [6.45, 7) is 4.20. The second-order valence-electron chi connectivity index (χ2n) is 5.58. The van der Waals surface area contributed by atoms with Crippen LogP contribution in [0.25, 0.3) is 0 Å². The molecule has 118 valence electrons. The molecule has 0 radical (unpaired) electrons. The van der Waals surface area contributed by atoms with Gasteiger partial charge in [0.1, 0.15) is 18.3 Å². The number of piperidine rings is 1. The highest BCUT2D eigenvalue weighted by molar-refractivity contribution is 6.00. The largest absolute Gasteiger partial charge is 0.465 e. The average Bonchev–Trinajstić information content (AvgIpc) is 2.82. The predicted octanol–water partition coefficient (Wildman–Crippen LogP) is 1.91. The Kier molecular flexibility index (Phi) is 5.20. The number of carbonyl (C=O) groups is 3. The molecule has 0 aliphatic carbocycles. The fourth-order valence-corrected chi connectivity index (χ4v) is 3.27. The highest BCUT2D eigenvalue weighted by Crippen LogP contribution is 2.33. The Labute approximate surface area is 124 Å². The Morgan fingerprint density at radius 1 is 1.38 bits per heavy atom. The third-order valence-electron chi connectivity index (χ3n) is 4.17. The molecule has 1 unspecified atom stereocenters. The van der Waals surface area contributed by atoms with Crippen molar-refractivity contribution in [3.05, 3.63) is 0 Å². The summed E-state index contributed by atoms with van der Waals surface area (Å²) in [6.07, 6.45) is 2.98. The molecular formula is C15H23NO5. The van der Waals surface area contributed by atoms with Gasteiger partial charge < -0.3 is 9.47 Å². The van der Waals surface area contributed by atoms with Crippen LogP contribution in [0.3, 0.4) is 0 Å². The zero-order chi connectivity index (χ0) is 15.4. The molecule has 2 aliphatic rings. The summed E-state index contributed by atoms with van der Waals surface area (Å²) < 4.78 is 10.2. The van der Waals surface area contributed by atoms with E-state index >= 15 is 0 Å². The number of hydrogen-bond donors (Lipinski definition) is 0. The number of nitrogens with zero attached hydrogens (tertiary/aromatic N) is 1. The first kappa shape index (κ1) is 15.8. The van der Waals surface area contributed by atoms with Gasteiger partial charge in [-0.05, 0) is 32.6 Å². The monoisotopic (exact) mass is 297 g/mol. The fourth-order valence-electron chi connectivity index (χ4n) is 3.27. The lowest BCUT2D eigenvalue weighted by atomic mass is 9.84. The van der Waals surface area contributed by atoms with Gasteiger partial charge in [-0.3, -0.25) is 14.5 Å². The molecule has 2 fully saturated rings. The molecule has 0 N–H and O–H groups in total. The van der Waals surface area contributed by atoms with E-state index in [1.165, 1.54) is 0 Å². The van der Waals surface area contributed by atoms with Crippen molar-refractivity contribution in [2.75, 3.05) is 13.2 Å². The minimum Gasteiger partial charge on any atom is -0.465 e. The molecule has 0 aromatic carbocycles. The smallest absolute Gasteiger partial charge is 0.410 e. The van der Waals surface area contributed by atoms with Crippen LogP contribution in [0.15, 0.2) is 0 Å². The van der Waals surface area contributed by atoms with Crippen molar-refractivity contribution in [3.63, 3.8) is 0 Å². The maximum atomic E-state index is 12.4. The summed E-state index contributed by atoms with van der Waals surface area (Å²) in [7, 11) is 0. The number of Topliss-reactive ketones (excluding diaryl/α,β-unsaturated/α-hetero) is 1. The zero-order valence-corrected chi connectivity index (χ0v) is 12.7. The number of carbonyl (C=O) groups excluding carboxylic acids is 3. The van der Waals surface area contributed by atoms with Gasteiger partial charge in [0.2, 0.25) is 0 Å². The van der Waals surface area contributed by atoms with Crippen LogP contribution in [0.4, 0.5) is 4.79 Å². The molecule has 0 saturated carbocycles. The Hall–Kier alpha value is -1.59. The molecule has 0 aromatic heterocycles. The van der Waals surface area contributed by atoms with Gasteiger partial charge in [-0.2, -0.15) is 0 Å². The Morgan fingerprint density at radius 3 is 2.81 bits per heavy atom. The topological polar surface area (TPSA) is 72.9 Å². The minimum absolute atomic E-state index is 0.0115. The van der Waals surface area contributed by atoms with Crippen molar-refractivity contribution >= 4 is 17.8 Å². The van der Waals surface area contributed by atoms with Gasteiger partial charge in [-0.1, -0.05) is 6.92 Å². The fraction of sp³-hybridized carbons (Fsp3) is 0.800. The molecule has 2 heterocycles. The number of rotatable bonds is 6. The third-order valence-corrected chi connectivity index (χ3v) is 4.17. The zero-order valence-electron chi connectivity index (χ0n) is 12.7. The molecule has 0 aromatic rings. The van der Waals surface area contributed by atoms with E-state index in [4.69, 9.17) is 9.47 Å². The Bertz CT molecular complexity index is 404. The van der Waals surface area contributed by atoms with Crippen molar-refractivity contribution in [1.82, 2.24) is 4.90 Å². The van der Waals surface area contributed by atoms with Crippen LogP contribution in [0.2, 0.25) is 0 Å². The van der Waals surface area contributed by atoms with Crippen LogP contribution in [0.5, 0.6) is 0 Å². The number of esters is 1. The SMILES string of the molecule is CCCC(=O)C(C(=O)OCC)[C@@H]1CCC[C@H]2COC(=O)N21. The second kappa shape index (κ2) is 6.91. The molecule has 6 nitrogen and oxygen atoms in total. The number of hydrogen-bond acceptors (Lipinski definition) is 5. The van der Waals surface area contributed by atoms with E-state index in [2.05, 4.69) is 0 Å². The number of fused-ring (bicyclic) bond motifs is 1. The van der Waals surface area contributed by atoms with Crippen LogP contribution in [-0.4, -0.2) is 48.0 Å². The van der Waals surface area contributed by atoms with Crippen LogP contribution >= 0.6 is 0 Å². The number of ketones is 1. The van der Waals surface area contributed by atoms with Crippen molar-refractivity contribution in [3.8, 4) is 0 Å². The van der Waals surface area contributed by atoms with E-state index in [1.807, 2.05) is 6.92 Å². The molecule has 2 rings (SSSR count). The normalized spacial score (nSPS) is 26.0. The van der Waals surface area contributed by atoms with Gasteiger partial charge in [-0.15, -0.1) is 0 Å². The Balaban J connectivity index is 2.23. The van der Waals surface area contributed by atoms with E-state index in [0.29, 0.717) is 25.9 Å². The molecule has 1 amide bonds. The third kappa shape index (κ3) is 3.19. The molecule has 0 spiro atoms. The Morgan fingerprint density at radius 2 is 2.14 bits per heavy atom. The van der Waals surface area contributed by atoms with E-state index < -0.39 is 24.0 Å². The highest BCUT2D eigenvalue weighted by Gasteiger charge is 2.48.